The fourth-order valence-electron chi connectivity index (χ4n) is 3.74. The van der Waals surface area contributed by atoms with E-state index in [1.807, 2.05) is 6.92 Å². The van der Waals surface area contributed by atoms with E-state index in [4.69, 9.17) is 0 Å². The zero-order valence-electron chi connectivity index (χ0n) is 13.8. The van der Waals surface area contributed by atoms with Crippen molar-refractivity contribution in [2.75, 3.05) is 24.6 Å². The van der Waals surface area contributed by atoms with Gasteiger partial charge in [0.05, 0.1) is 29.6 Å². The van der Waals surface area contributed by atoms with Crippen molar-refractivity contribution in [2.24, 2.45) is 0 Å². The first-order chi connectivity index (χ1) is 11.9. The summed E-state index contributed by atoms with van der Waals surface area (Å²) in [5.74, 6) is -0.109. The number of H-pyrrole nitrogens is 2. The number of aromatic amines is 2. The van der Waals surface area contributed by atoms with Gasteiger partial charge in [-0.05, 0) is 13.0 Å². The third-order valence-corrected chi connectivity index (χ3v) is 6.77. The first kappa shape index (κ1) is 16.3. The molecular weight excluding hydrogens is 344 g/mol. The molecule has 25 heavy (non-hydrogen) atoms. The second-order valence-electron chi connectivity index (χ2n) is 6.63. The van der Waals surface area contributed by atoms with Gasteiger partial charge in [0.1, 0.15) is 5.69 Å². The van der Waals surface area contributed by atoms with E-state index in [0.29, 0.717) is 25.3 Å². The average Bonchev–Trinajstić information content (AvgIpc) is 3.27. The van der Waals surface area contributed by atoms with Crippen LogP contribution in [-0.2, 0) is 16.4 Å². The Bertz CT molecular complexity index is 875. The van der Waals surface area contributed by atoms with Crippen molar-refractivity contribution < 1.29 is 13.2 Å². The van der Waals surface area contributed by atoms with Crippen molar-refractivity contribution in [1.82, 2.24) is 30.0 Å². The number of piperazine rings is 1. The normalized spacial score (nSPS) is 25.9. The molecule has 2 atom stereocenters. The standard InChI is InChI=1S/C15H20N6O3S/c1-10-12(17-9-16-10)6-20-4-5-21(15(22)11-2-3-18-19-11)14-8-25(23,24)7-13(14)20/h2-3,9,13-14H,4-8H2,1H3,(H,16,17)(H,18,19)/t13-,14+/m0/s1. The van der Waals surface area contributed by atoms with Crippen LogP contribution in [0, 0.1) is 6.92 Å². The number of rotatable bonds is 3. The Labute approximate surface area is 145 Å². The molecule has 0 bridgehead atoms. The number of imidazole rings is 1. The monoisotopic (exact) mass is 364 g/mol. The highest BCUT2D eigenvalue weighted by atomic mass is 32.2. The number of carbonyl (C=O) groups excluding carboxylic acids is 1. The minimum Gasteiger partial charge on any atom is -0.348 e. The molecule has 9 nitrogen and oxygen atoms in total. The van der Waals surface area contributed by atoms with Crippen molar-refractivity contribution in [3.05, 3.63) is 35.7 Å². The van der Waals surface area contributed by atoms with Crippen LogP contribution < -0.4 is 0 Å². The van der Waals surface area contributed by atoms with Crippen molar-refractivity contribution in [3.63, 3.8) is 0 Å². The molecule has 4 heterocycles. The Hall–Kier alpha value is -2.20. The summed E-state index contributed by atoms with van der Waals surface area (Å²) in [6.07, 6.45) is 3.16. The fourth-order valence-corrected chi connectivity index (χ4v) is 5.75. The van der Waals surface area contributed by atoms with Crippen LogP contribution in [0.25, 0.3) is 0 Å². The summed E-state index contributed by atoms with van der Waals surface area (Å²) in [4.78, 5) is 23.9. The van der Waals surface area contributed by atoms with Crippen molar-refractivity contribution >= 4 is 15.7 Å². The van der Waals surface area contributed by atoms with Gasteiger partial charge in [-0.1, -0.05) is 0 Å². The van der Waals surface area contributed by atoms with Gasteiger partial charge in [-0.25, -0.2) is 13.4 Å². The van der Waals surface area contributed by atoms with E-state index in [1.165, 1.54) is 6.20 Å². The van der Waals surface area contributed by atoms with E-state index in [0.717, 1.165) is 11.4 Å². The van der Waals surface area contributed by atoms with Gasteiger partial charge in [-0.15, -0.1) is 0 Å². The molecule has 4 rings (SSSR count). The maximum Gasteiger partial charge on any atom is 0.272 e. The Morgan fingerprint density at radius 3 is 2.80 bits per heavy atom. The third kappa shape index (κ3) is 2.95. The second-order valence-corrected chi connectivity index (χ2v) is 8.78. The molecule has 0 aliphatic carbocycles. The molecule has 10 heteroatoms. The van der Waals surface area contributed by atoms with Crippen molar-refractivity contribution in [3.8, 4) is 0 Å². The number of amides is 1. The molecule has 2 aliphatic heterocycles. The second kappa shape index (κ2) is 5.95. The minimum atomic E-state index is -3.18. The Kier molecular flexibility index (Phi) is 3.88. The highest BCUT2D eigenvalue weighted by Crippen LogP contribution is 2.29. The maximum atomic E-state index is 12.7. The van der Waals surface area contributed by atoms with Gasteiger partial charge < -0.3 is 9.88 Å². The summed E-state index contributed by atoms with van der Waals surface area (Å²) < 4.78 is 24.5. The van der Waals surface area contributed by atoms with Crippen LogP contribution >= 0.6 is 0 Å². The highest BCUT2D eigenvalue weighted by molar-refractivity contribution is 7.91. The summed E-state index contributed by atoms with van der Waals surface area (Å²) in [7, 11) is -3.18. The molecule has 2 N–H and O–H groups in total. The van der Waals surface area contributed by atoms with Gasteiger partial charge in [-0.3, -0.25) is 14.8 Å². The molecule has 0 aromatic carbocycles. The zero-order chi connectivity index (χ0) is 17.6. The van der Waals surface area contributed by atoms with Gasteiger partial charge >= 0.3 is 0 Å². The van der Waals surface area contributed by atoms with Crippen LogP contribution in [0.3, 0.4) is 0 Å². The number of aromatic nitrogens is 4. The Morgan fingerprint density at radius 1 is 1.32 bits per heavy atom. The lowest BCUT2D eigenvalue weighted by Crippen LogP contribution is -2.60. The van der Waals surface area contributed by atoms with E-state index in [2.05, 4.69) is 25.1 Å². The van der Waals surface area contributed by atoms with Crippen LogP contribution in [-0.4, -0.2) is 81.0 Å². The van der Waals surface area contributed by atoms with E-state index < -0.39 is 9.84 Å². The van der Waals surface area contributed by atoms with Crippen molar-refractivity contribution in [2.45, 2.75) is 25.6 Å². The fraction of sp³-hybridized carbons (Fsp3) is 0.533. The number of carbonyl (C=O) groups is 1. The topological polar surface area (TPSA) is 115 Å². The summed E-state index contributed by atoms with van der Waals surface area (Å²) in [6.45, 7) is 3.63. The number of aryl methyl sites for hydroxylation is 1. The lowest BCUT2D eigenvalue weighted by molar-refractivity contribution is 0.0297. The van der Waals surface area contributed by atoms with Gasteiger partial charge in [-0.2, -0.15) is 5.10 Å². The summed E-state index contributed by atoms with van der Waals surface area (Å²) >= 11 is 0. The molecular formula is C15H20N6O3S. The molecule has 2 saturated heterocycles. The molecule has 134 valence electrons. The van der Waals surface area contributed by atoms with E-state index >= 15 is 0 Å². The lowest BCUT2D eigenvalue weighted by Gasteiger charge is -2.43. The summed E-state index contributed by atoms with van der Waals surface area (Å²) in [6, 6.07) is 1.07. The first-order valence-corrected chi connectivity index (χ1v) is 10.0. The molecule has 2 aromatic heterocycles. The number of sulfone groups is 1. The molecule has 0 radical (unpaired) electrons. The molecule has 0 spiro atoms. The van der Waals surface area contributed by atoms with Crippen LogP contribution in [0.5, 0.6) is 0 Å². The molecule has 2 aromatic rings. The maximum absolute atomic E-state index is 12.7. The van der Waals surface area contributed by atoms with Gasteiger partial charge in [0, 0.05) is 37.6 Å². The molecule has 2 fully saturated rings. The minimum absolute atomic E-state index is 0.00753. The zero-order valence-corrected chi connectivity index (χ0v) is 14.7. The smallest absolute Gasteiger partial charge is 0.272 e. The third-order valence-electron chi connectivity index (χ3n) is 5.07. The number of hydrogen-bond donors (Lipinski definition) is 2. The van der Waals surface area contributed by atoms with Crippen LogP contribution in [0.15, 0.2) is 18.6 Å². The summed E-state index contributed by atoms with van der Waals surface area (Å²) in [5.41, 5.74) is 2.28. The van der Waals surface area contributed by atoms with E-state index in [9.17, 15) is 13.2 Å². The largest absolute Gasteiger partial charge is 0.348 e. The van der Waals surface area contributed by atoms with Crippen molar-refractivity contribution in [1.29, 1.82) is 0 Å². The predicted molar refractivity (Wildman–Crippen MR) is 89.6 cm³/mol. The van der Waals surface area contributed by atoms with Gasteiger partial charge in [0.2, 0.25) is 0 Å². The van der Waals surface area contributed by atoms with Crippen LogP contribution in [0.2, 0.25) is 0 Å². The van der Waals surface area contributed by atoms with Crippen LogP contribution in [0.1, 0.15) is 21.9 Å². The number of fused-ring (bicyclic) bond motifs is 1. The quantitative estimate of drug-likeness (QED) is 0.763. The molecule has 2 aliphatic rings. The number of nitrogens with one attached hydrogen (secondary N) is 2. The lowest BCUT2D eigenvalue weighted by atomic mass is 10.0. The number of hydrogen-bond acceptors (Lipinski definition) is 6. The molecule has 1 amide bonds. The van der Waals surface area contributed by atoms with Gasteiger partial charge in [0.25, 0.3) is 5.91 Å². The predicted octanol–water partition coefficient (Wildman–Crippen LogP) is -0.435. The van der Waals surface area contributed by atoms with Gasteiger partial charge in [0.15, 0.2) is 9.84 Å². The van der Waals surface area contributed by atoms with E-state index in [1.54, 1.807) is 17.3 Å². The molecule has 0 saturated carbocycles. The van der Waals surface area contributed by atoms with E-state index in [-0.39, 0.29) is 29.5 Å². The van der Waals surface area contributed by atoms with Crippen LogP contribution in [0.4, 0.5) is 0 Å². The number of nitrogens with zero attached hydrogens (tertiary/aromatic N) is 4. The summed E-state index contributed by atoms with van der Waals surface area (Å²) in [5, 5.41) is 6.49. The Balaban J connectivity index is 1.60. The first-order valence-electron chi connectivity index (χ1n) is 8.18. The highest BCUT2D eigenvalue weighted by Gasteiger charge is 2.48. The average molecular weight is 364 g/mol. The molecule has 0 unspecified atom stereocenters. The SMILES string of the molecule is Cc1[nH]cnc1CN1CCN(C(=O)c2ccn[nH]2)[C@@H]2CS(=O)(=O)C[C@@H]21. The Morgan fingerprint density at radius 2 is 2.12 bits per heavy atom.